The lowest BCUT2D eigenvalue weighted by Crippen LogP contribution is -2.51. The third-order valence-corrected chi connectivity index (χ3v) is 3.25. The van der Waals surface area contributed by atoms with Gasteiger partial charge in [0.25, 0.3) is 0 Å². The second-order valence-corrected chi connectivity index (χ2v) is 5.41. The molecule has 1 heterocycles. The molecule has 0 spiro atoms. The Kier molecular flexibility index (Phi) is 5.95. The number of likely N-dealkylation sites (tertiary alicyclic amines) is 1. The van der Waals surface area contributed by atoms with E-state index in [2.05, 4.69) is 5.32 Å². The van der Waals surface area contributed by atoms with Gasteiger partial charge < -0.3 is 25.3 Å². The zero-order valence-electron chi connectivity index (χ0n) is 12.6. The molecule has 0 aromatic heterocycles. The van der Waals surface area contributed by atoms with Crippen molar-refractivity contribution in [3.63, 3.8) is 0 Å². The molecular weight excluding hydrogens is 278 g/mol. The van der Waals surface area contributed by atoms with Crippen LogP contribution in [-0.4, -0.2) is 75.7 Å². The molecule has 1 rings (SSSR count). The number of aliphatic carboxylic acids is 1. The van der Waals surface area contributed by atoms with E-state index in [9.17, 15) is 19.5 Å². The van der Waals surface area contributed by atoms with Crippen molar-refractivity contribution in [3.05, 3.63) is 0 Å². The number of amides is 3. The largest absolute Gasteiger partial charge is 0.480 e. The van der Waals surface area contributed by atoms with Crippen molar-refractivity contribution in [1.29, 1.82) is 0 Å². The molecule has 1 aliphatic rings. The van der Waals surface area contributed by atoms with Crippen LogP contribution in [0.5, 0.6) is 0 Å². The molecule has 2 atom stereocenters. The van der Waals surface area contributed by atoms with Crippen molar-refractivity contribution in [2.45, 2.75) is 45.4 Å². The molecule has 1 fully saturated rings. The van der Waals surface area contributed by atoms with Gasteiger partial charge in [-0.15, -0.1) is 0 Å². The van der Waals surface area contributed by atoms with Gasteiger partial charge in [0.15, 0.2) is 0 Å². The van der Waals surface area contributed by atoms with Gasteiger partial charge in [0.05, 0.1) is 6.10 Å². The number of carboxylic acids is 1. The number of carbonyl (C=O) groups excluding carboxylic acids is 2. The first kappa shape index (κ1) is 17.2. The number of urea groups is 1. The maximum absolute atomic E-state index is 12.4. The highest BCUT2D eigenvalue weighted by atomic mass is 16.4. The van der Waals surface area contributed by atoms with Gasteiger partial charge in [-0.1, -0.05) is 0 Å². The molecule has 8 heteroatoms. The number of hydrogen-bond acceptors (Lipinski definition) is 4. The van der Waals surface area contributed by atoms with Crippen molar-refractivity contribution in [3.8, 4) is 0 Å². The Morgan fingerprint density at radius 1 is 1.38 bits per heavy atom. The fourth-order valence-electron chi connectivity index (χ4n) is 2.30. The highest BCUT2D eigenvalue weighted by molar-refractivity contribution is 5.87. The molecule has 0 aromatic rings. The Morgan fingerprint density at radius 2 is 2.00 bits per heavy atom. The number of nitrogens with one attached hydrogen (secondary N) is 1. The highest BCUT2D eigenvalue weighted by Crippen LogP contribution is 2.19. The lowest BCUT2D eigenvalue weighted by atomic mass is 10.2. The first-order chi connectivity index (χ1) is 9.76. The maximum Gasteiger partial charge on any atom is 0.326 e. The van der Waals surface area contributed by atoms with Crippen LogP contribution >= 0.6 is 0 Å². The van der Waals surface area contributed by atoms with E-state index < -0.39 is 24.1 Å². The van der Waals surface area contributed by atoms with Crippen LogP contribution in [0.15, 0.2) is 0 Å². The van der Waals surface area contributed by atoms with Crippen LogP contribution in [0.1, 0.15) is 27.2 Å². The van der Waals surface area contributed by atoms with E-state index in [-0.39, 0.29) is 38.0 Å². The summed E-state index contributed by atoms with van der Waals surface area (Å²) in [7, 11) is 0. The first-order valence-electron chi connectivity index (χ1n) is 7.02. The summed E-state index contributed by atoms with van der Waals surface area (Å²) < 4.78 is 0. The standard InChI is InChI=1S/C13H23N3O5/c1-4-15(7-11(18)14-8(2)3)13(21)16-6-9(17)5-10(16)12(19)20/h8-10,17H,4-7H2,1-3H3,(H,14,18)(H,19,20)/t9-,10-/m0/s1. The minimum Gasteiger partial charge on any atom is -0.480 e. The van der Waals surface area contributed by atoms with Crippen LogP contribution in [0, 0.1) is 0 Å². The molecule has 0 saturated carbocycles. The van der Waals surface area contributed by atoms with Crippen LogP contribution in [0.25, 0.3) is 0 Å². The van der Waals surface area contributed by atoms with Gasteiger partial charge in [-0.2, -0.15) is 0 Å². The molecule has 8 nitrogen and oxygen atoms in total. The van der Waals surface area contributed by atoms with Crippen LogP contribution in [0.2, 0.25) is 0 Å². The van der Waals surface area contributed by atoms with Crippen molar-refractivity contribution in [2.24, 2.45) is 0 Å². The smallest absolute Gasteiger partial charge is 0.326 e. The maximum atomic E-state index is 12.4. The molecule has 120 valence electrons. The predicted molar refractivity (Wildman–Crippen MR) is 74.7 cm³/mol. The molecule has 0 aliphatic carbocycles. The summed E-state index contributed by atoms with van der Waals surface area (Å²) in [6, 6.07) is -1.62. The number of hydrogen-bond donors (Lipinski definition) is 3. The van der Waals surface area contributed by atoms with Crippen LogP contribution in [-0.2, 0) is 9.59 Å². The second-order valence-electron chi connectivity index (χ2n) is 5.41. The minimum absolute atomic E-state index is 0.0107. The first-order valence-corrected chi connectivity index (χ1v) is 7.02. The van der Waals surface area contributed by atoms with Gasteiger partial charge in [0, 0.05) is 25.6 Å². The van der Waals surface area contributed by atoms with Gasteiger partial charge >= 0.3 is 12.0 Å². The van der Waals surface area contributed by atoms with Crippen molar-refractivity contribution in [2.75, 3.05) is 19.6 Å². The van der Waals surface area contributed by atoms with Gasteiger partial charge in [-0.25, -0.2) is 9.59 Å². The minimum atomic E-state index is -1.15. The molecule has 0 aromatic carbocycles. The molecule has 1 saturated heterocycles. The summed E-state index contributed by atoms with van der Waals surface area (Å²) in [5.41, 5.74) is 0. The Hall–Kier alpha value is -1.83. The van der Waals surface area contributed by atoms with Crippen LogP contribution in [0.4, 0.5) is 4.79 Å². The zero-order chi connectivity index (χ0) is 16.2. The van der Waals surface area contributed by atoms with Crippen molar-refractivity contribution < 1.29 is 24.6 Å². The zero-order valence-corrected chi connectivity index (χ0v) is 12.6. The van der Waals surface area contributed by atoms with Gasteiger partial charge in [0.2, 0.25) is 5.91 Å². The van der Waals surface area contributed by atoms with Gasteiger partial charge in [-0.05, 0) is 20.8 Å². The monoisotopic (exact) mass is 301 g/mol. The molecule has 3 amide bonds. The topological polar surface area (TPSA) is 110 Å². The summed E-state index contributed by atoms with van der Waals surface area (Å²) in [5, 5.41) is 21.3. The van der Waals surface area contributed by atoms with E-state index in [1.807, 2.05) is 13.8 Å². The molecule has 21 heavy (non-hydrogen) atoms. The SMILES string of the molecule is CCN(CC(=O)NC(C)C)C(=O)N1C[C@@H](O)C[C@H]1C(=O)O. The number of nitrogens with zero attached hydrogens (tertiary/aromatic N) is 2. The molecule has 1 aliphatic heterocycles. The third kappa shape index (κ3) is 4.59. The molecule has 0 unspecified atom stereocenters. The Balaban J connectivity index is 2.73. The van der Waals surface area contributed by atoms with E-state index >= 15 is 0 Å². The normalized spacial score (nSPS) is 21.5. The number of aliphatic hydroxyl groups excluding tert-OH is 1. The average Bonchev–Trinajstić information content (AvgIpc) is 2.76. The lowest BCUT2D eigenvalue weighted by Gasteiger charge is -2.29. The highest BCUT2D eigenvalue weighted by Gasteiger charge is 2.40. The molecule has 0 radical (unpaired) electrons. The fourth-order valence-corrected chi connectivity index (χ4v) is 2.30. The van der Waals surface area contributed by atoms with E-state index in [0.717, 1.165) is 4.90 Å². The molecule has 3 N–H and O–H groups in total. The van der Waals surface area contributed by atoms with E-state index in [0.29, 0.717) is 0 Å². The summed E-state index contributed by atoms with van der Waals surface area (Å²) in [4.78, 5) is 37.6. The third-order valence-electron chi connectivity index (χ3n) is 3.25. The van der Waals surface area contributed by atoms with E-state index in [1.54, 1.807) is 6.92 Å². The van der Waals surface area contributed by atoms with Crippen LogP contribution < -0.4 is 5.32 Å². The van der Waals surface area contributed by atoms with E-state index in [1.165, 1.54) is 4.90 Å². The number of β-amino-alcohol motifs (C(OH)–C–C–N with tert-alkyl or cyclic N) is 1. The average molecular weight is 301 g/mol. The fraction of sp³-hybridized carbons (Fsp3) is 0.769. The number of rotatable bonds is 5. The van der Waals surface area contributed by atoms with E-state index in [4.69, 9.17) is 5.11 Å². The number of carboxylic acid groups (broad SMARTS) is 1. The number of aliphatic hydroxyl groups is 1. The Labute approximate surface area is 123 Å². The van der Waals surface area contributed by atoms with Gasteiger partial charge in [-0.3, -0.25) is 4.79 Å². The lowest BCUT2D eigenvalue weighted by molar-refractivity contribution is -0.141. The Bertz CT molecular complexity index is 413. The summed E-state index contributed by atoms with van der Waals surface area (Å²) in [6.07, 6.45) is -0.838. The van der Waals surface area contributed by atoms with Crippen molar-refractivity contribution in [1.82, 2.24) is 15.1 Å². The van der Waals surface area contributed by atoms with Crippen molar-refractivity contribution >= 4 is 17.9 Å². The summed E-state index contributed by atoms with van der Waals surface area (Å²) in [6.45, 7) is 5.46. The quantitative estimate of drug-likeness (QED) is 0.632. The van der Waals surface area contributed by atoms with Crippen LogP contribution in [0.3, 0.4) is 0 Å². The second kappa shape index (κ2) is 7.26. The Morgan fingerprint density at radius 3 is 2.48 bits per heavy atom. The molecule has 0 bridgehead atoms. The van der Waals surface area contributed by atoms with Gasteiger partial charge in [0.1, 0.15) is 12.6 Å². The molecular formula is C13H23N3O5. The number of likely N-dealkylation sites (N-methyl/N-ethyl adjacent to an activating group) is 1. The summed E-state index contributed by atoms with van der Waals surface area (Å²) in [5.74, 6) is -1.45. The predicted octanol–water partition coefficient (Wildman–Crippen LogP) is -0.527. The summed E-state index contributed by atoms with van der Waals surface area (Å²) >= 11 is 0. The number of carbonyl (C=O) groups is 3.